The highest BCUT2D eigenvalue weighted by Gasteiger charge is 2.35. The summed E-state index contributed by atoms with van der Waals surface area (Å²) in [5, 5.41) is 13.8. The van der Waals surface area contributed by atoms with E-state index in [9.17, 15) is 14.9 Å². The number of carbonyl (C=O) groups is 1. The molecule has 0 aromatic heterocycles. The molecule has 0 unspecified atom stereocenters. The van der Waals surface area contributed by atoms with Crippen LogP contribution in [0.15, 0.2) is 60.7 Å². The van der Waals surface area contributed by atoms with Crippen LogP contribution >= 0.6 is 0 Å². The molecule has 0 spiro atoms. The predicted molar refractivity (Wildman–Crippen MR) is 102 cm³/mol. The van der Waals surface area contributed by atoms with E-state index in [1.54, 1.807) is 18.2 Å². The van der Waals surface area contributed by atoms with Gasteiger partial charge in [0.05, 0.1) is 4.92 Å². The molecule has 1 fully saturated rings. The molecule has 1 amide bonds. The van der Waals surface area contributed by atoms with Crippen LogP contribution in [0.2, 0.25) is 0 Å². The number of hydrogen-bond donors (Lipinski definition) is 1. The molecule has 0 aliphatic heterocycles. The van der Waals surface area contributed by atoms with Crippen molar-refractivity contribution in [1.82, 2.24) is 5.32 Å². The van der Waals surface area contributed by atoms with Gasteiger partial charge in [0.2, 0.25) is 5.91 Å². The van der Waals surface area contributed by atoms with Crippen molar-refractivity contribution >= 4 is 17.7 Å². The Morgan fingerprint density at radius 2 is 1.85 bits per heavy atom. The van der Waals surface area contributed by atoms with Crippen LogP contribution in [0.4, 0.5) is 5.69 Å². The number of nitro groups is 1. The van der Waals surface area contributed by atoms with Crippen molar-refractivity contribution < 1.29 is 9.72 Å². The first kappa shape index (κ1) is 17.9. The second-order valence-corrected chi connectivity index (χ2v) is 6.76. The van der Waals surface area contributed by atoms with Gasteiger partial charge >= 0.3 is 0 Å². The van der Waals surface area contributed by atoms with Gasteiger partial charge < -0.3 is 5.32 Å². The van der Waals surface area contributed by atoms with Crippen LogP contribution in [0.3, 0.4) is 0 Å². The predicted octanol–water partition coefficient (Wildman–Crippen LogP) is 4.24. The summed E-state index contributed by atoms with van der Waals surface area (Å²) in [6.45, 7) is 0.606. The normalized spacial score (nSPS) is 15.8. The minimum atomic E-state index is -0.443. The van der Waals surface area contributed by atoms with E-state index in [2.05, 4.69) is 17.4 Å². The molecule has 0 heterocycles. The van der Waals surface area contributed by atoms with Gasteiger partial charge in [0.1, 0.15) is 0 Å². The van der Waals surface area contributed by atoms with Crippen LogP contribution < -0.4 is 5.32 Å². The summed E-state index contributed by atoms with van der Waals surface area (Å²) < 4.78 is 0. The fourth-order valence-electron chi connectivity index (χ4n) is 3.64. The van der Waals surface area contributed by atoms with Gasteiger partial charge in [-0.25, -0.2) is 0 Å². The third-order valence-electron chi connectivity index (χ3n) is 5.06. The molecule has 1 aliphatic carbocycles. The molecule has 5 heteroatoms. The number of nitrogens with zero attached hydrogens (tertiary/aromatic N) is 1. The summed E-state index contributed by atoms with van der Waals surface area (Å²) in [5.41, 5.74) is 1.94. The quantitative estimate of drug-likeness (QED) is 0.481. The first-order chi connectivity index (χ1) is 12.6. The van der Waals surface area contributed by atoms with Crippen molar-refractivity contribution in [3.63, 3.8) is 0 Å². The van der Waals surface area contributed by atoms with Gasteiger partial charge in [0.15, 0.2) is 0 Å². The van der Waals surface area contributed by atoms with Crippen molar-refractivity contribution in [1.29, 1.82) is 0 Å². The van der Waals surface area contributed by atoms with Crippen molar-refractivity contribution in [3.8, 4) is 0 Å². The fourth-order valence-corrected chi connectivity index (χ4v) is 3.64. The largest absolute Gasteiger partial charge is 0.352 e. The number of nitrogens with one attached hydrogen (secondary N) is 1. The van der Waals surface area contributed by atoms with E-state index in [0.717, 1.165) is 12.8 Å². The minimum Gasteiger partial charge on any atom is -0.352 e. The molecule has 0 atom stereocenters. The van der Waals surface area contributed by atoms with Gasteiger partial charge in [-0.15, -0.1) is 0 Å². The Balaban J connectivity index is 1.64. The Kier molecular flexibility index (Phi) is 5.46. The van der Waals surface area contributed by atoms with E-state index in [4.69, 9.17) is 0 Å². The Morgan fingerprint density at radius 1 is 1.12 bits per heavy atom. The maximum absolute atomic E-state index is 12.2. The minimum absolute atomic E-state index is 0.0102. The first-order valence-corrected chi connectivity index (χ1v) is 8.85. The van der Waals surface area contributed by atoms with E-state index < -0.39 is 4.92 Å². The average molecular weight is 350 g/mol. The molecule has 2 aromatic carbocycles. The number of carbonyl (C=O) groups excluding carboxylic acids is 1. The zero-order valence-electron chi connectivity index (χ0n) is 14.6. The van der Waals surface area contributed by atoms with Crippen molar-refractivity contribution in [2.24, 2.45) is 0 Å². The molecular weight excluding hydrogens is 328 g/mol. The van der Waals surface area contributed by atoms with Gasteiger partial charge in [-0.2, -0.15) is 0 Å². The number of benzene rings is 2. The monoisotopic (exact) mass is 350 g/mol. The molecule has 2 aromatic rings. The number of non-ortho nitro benzene ring substituents is 1. The standard InChI is InChI=1S/C21H22N2O3/c24-20(12-11-17-7-6-10-19(15-17)23(25)26)22-16-21(13-4-5-14-21)18-8-2-1-3-9-18/h1-3,6-12,15H,4-5,13-14,16H2,(H,22,24). The highest BCUT2D eigenvalue weighted by atomic mass is 16.6. The van der Waals surface area contributed by atoms with E-state index >= 15 is 0 Å². The van der Waals surface area contributed by atoms with Crippen LogP contribution in [-0.4, -0.2) is 17.4 Å². The summed E-state index contributed by atoms with van der Waals surface area (Å²) in [6.07, 6.45) is 7.54. The summed E-state index contributed by atoms with van der Waals surface area (Å²) in [7, 11) is 0. The van der Waals surface area contributed by atoms with E-state index in [0.29, 0.717) is 12.1 Å². The van der Waals surface area contributed by atoms with E-state index in [-0.39, 0.29) is 17.0 Å². The van der Waals surface area contributed by atoms with Gasteiger partial charge in [-0.1, -0.05) is 55.3 Å². The molecule has 0 bridgehead atoms. The maximum atomic E-state index is 12.2. The molecular formula is C21H22N2O3. The molecule has 1 saturated carbocycles. The Morgan fingerprint density at radius 3 is 2.54 bits per heavy atom. The molecule has 0 radical (unpaired) electrons. The lowest BCUT2D eigenvalue weighted by Gasteiger charge is -2.29. The van der Waals surface area contributed by atoms with Gasteiger partial charge in [-0.05, 0) is 30.0 Å². The molecule has 1 N–H and O–H groups in total. The van der Waals surface area contributed by atoms with E-state index in [1.807, 2.05) is 18.2 Å². The Hall–Kier alpha value is -2.95. The van der Waals surface area contributed by atoms with Gasteiger partial charge in [0, 0.05) is 30.2 Å². The smallest absolute Gasteiger partial charge is 0.270 e. The SMILES string of the molecule is O=C(C=Cc1cccc([N+](=O)[O-])c1)NCC1(c2ccccc2)CCCC1. The summed E-state index contributed by atoms with van der Waals surface area (Å²) in [5.74, 6) is -0.182. The molecule has 134 valence electrons. The highest BCUT2D eigenvalue weighted by molar-refractivity contribution is 5.91. The zero-order chi connectivity index (χ0) is 18.4. The molecule has 0 saturated heterocycles. The number of hydrogen-bond acceptors (Lipinski definition) is 3. The second kappa shape index (κ2) is 7.95. The van der Waals surface area contributed by atoms with Crippen LogP contribution in [0.5, 0.6) is 0 Å². The van der Waals surface area contributed by atoms with Crippen molar-refractivity contribution in [2.45, 2.75) is 31.1 Å². The van der Waals surface area contributed by atoms with Crippen molar-refractivity contribution in [3.05, 3.63) is 81.9 Å². The Labute approximate surface area is 152 Å². The van der Waals surface area contributed by atoms with Crippen molar-refractivity contribution in [2.75, 3.05) is 6.54 Å². The number of amides is 1. The Bertz CT molecular complexity index is 809. The van der Waals surface area contributed by atoms with Gasteiger partial charge in [0.25, 0.3) is 5.69 Å². The summed E-state index contributed by atoms with van der Waals surface area (Å²) in [6, 6.07) is 16.6. The topological polar surface area (TPSA) is 72.2 Å². The lowest BCUT2D eigenvalue weighted by Crippen LogP contribution is -2.38. The highest BCUT2D eigenvalue weighted by Crippen LogP contribution is 2.40. The van der Waals surface area contributed by atoms with Crippen LogP contribution in [0, 0.1) is 10.1 Å². The van der Waals surface area contributed by atoms with Gasteiger partial charge in [-0.3, -0.25) is 14.9 Å². The summed E-state index contributed by atoms with van der Waals surface area (Å²) >= 11 is 0. The lowest BCUT2D eigenvalue weighted by atomic mass is 9.79. The van der Waals surface area contributed by atoms with Crippen LogP contribution in [0.1, 0.15) is 36.8 Å². The third-order valence-corrected chi connectivity index (χ3v) is 5.06. The van der Waals surface area contributed by atoms with E-state index in [1.165, 1.54) is 36.6 Å². The number of nitro benzene ring substituents is 1. The first-order valence-electron chi connectivity index (χ1n) is 8.85. The molecule has 1 aliphatic rings. The third kappa shape index (κ3) is 4.17. The molecule has 3 rings (SSSR count). The van der Waals surface area contributed by atoms with Crippen LogP contribution in [-0.2, 0) is 10.2 Å². The molecule has 26 heavy (non-hydrogen) atoms. The molecule has 5 nitrogen and oxygen atoms in total. The zero-order valence-corrected chi connectivity index (χ0v) is 14.6. The lowest BCUT2D eigenvalue weighted by molar-refractivity contribution is -0.384. The average Bonchev–Trinajstić information content (AvgIpc) is 3.16. The number of rotatable bonds is 6. The maximum Gasteiger partial charge on any atom is 0.270 e. The van der Waals surface area contributed by atoms with Crippen LogP contribution in [0.25, 0.3) is 6.08 Å². The second-order valence-electron chi connectivity index (χ2n) is 6.76. The fraction of sp³-hybridized carbons (Fsp3) is 0.286. The summed E-state index contributed by atoms with van der Waals surface area (Å²) in [4.78, 5) is 22.6.